The van der Waals surface area contributed by atoms with Crippen LogP contribution in [0.5, 0.6) is 11.5 Å². The first kappa shape index (κ1) is 7.47. The maximum atomic E-state index is 5.45. The third kappa shape index (κ3) is 1.13. The first-order chi connectivity index (χ1) is 5.92. The lowest BCUT2D eigenvalue weighted by atomic mass is 10.1. The van der Waals surface area contributed by atoms with E-state index in [0.29, 0.717) is 0 Å². The second kappa shape index (κ2) is 3.05. The zero-order chi connectivity index (χ0) is 8.39. The molecule has 2 rings (SSSR count). The first-order valence-corrected chi connectivity index (χ1v) is 4.05. The summed E-state index contributed by atoms with van der Waals surface area (Å²) in [6.07, 6.45) is 3.12. The summed E-state index contributed by atoms with van der Waals surface area (Å²) in [5.41, 5.74) is 1.09. The number of fused-ring (bicyclic) bond motifs is 1. The van der Waals surface area contributed by atoms with Crippen molar-refractivity contribution < 1.29 is 9.47 Å². The van der Waals surface area contributed by atoms with Crippen LogP contribution in [0.4, 0.5) is 0 Å². The third-order valence-corrected chi connectivity index (χ3v) is 1.97. The molecule has 1 aliphatic heterocycles. The Balaban J connectivity index is 2.44. The molecule has 0 unspecified atom stereocenters. The molecule has 2 nitrogen and oxygen atoms in total. The molecule has 1 heterocycles. The predicted octanol–water partition coefficient (Wildman–Crippen LogP) is 2.03. The minimum atomic E-state index is 0.778. The Morgan fingerprint density at radius 2 is 2.33 bits per heavy atom. The predicted molar refractivity (Wildman–Crippen MR) is 46.5 cm³/mol. The fraction of sp³-hybridized carbons (Fsp3) is 0.300. The lowest BCUT2D eigenvalue weighted by Gasteiger charge is -2.18. The number of hydrogen-bond donors (Lipinski definition) is 0. The van der Waals surface area contributed by atoms with E-state index in [-0.39, 0.29) is 0 Å². The van der Waals surface area contributed by atoms with Crippen molar-refractivity contribution in [2.45, 2.75) is 6.42 Å². The zero-order valence-corrected chi connectivity index (χ0v) is 7.04. The molecule has 0 saturated heterocycles. The second-order valence-electron chi connectivity index (χ2n) is 2.71. The Labute approximate surface area is 72.1 Å². The van der Waals surface area contributed by atoms with Crippen LogP contribution in [-0.2, 0) is 0 Å². The highest BCUT2D eigenvalue weighted by Crippen LogP contribution is 2.33. The summed E-state index contributed by atoms with van der Waals surface area (Å²) < 4.78 is 10.7. The van der Waals surface area contributed by atoms with Crippen molar-refractivity contribution in [3.05, 3.63) is 30.2 Å². The van der Waals surface area contributed by atoms with Crippen LogP contribution >= 0.6 is 0 Å². The minimum Gasteiger partial charge on any atom is -0.496 e. The molecule has 0 aromatic heterocycles. The molecular weight excluding hydrogens is 152 g/mol. The van der Waals surface area contributed by atoms with Crippen molar-refractivity contribution in [2.75, 3.05) is 13.7 Å². The molecule has 2 heteroatoms. The summed E-state index contributed by atoms with van der Waals surface area (Å²) in [5.74, 6) is 1.83. The molecule has 1 aromatic carbocycles. The Bertz CT molecular complexity index is 267. The smallest absolute Gasteiger partial charge is 0.126 e. The topological polar surface area (TPSA) is 18.5 Å². The van der Waals surface area contributed by atoms with Gasteiger partial charge in [0.2, 0.25) is 0 Å². The molecule has 1 aromatic rings. The molecule has 0 aliphatic carbocycles. The van der Waals surface area contributed by atoms with Crippen LogP contribution in [0.2, 0.25) is 0 Å². The van der Waals surface area contributed by atoms with Crippen LogP contribution in [0.25, 0.3) is 0 Å². The van der Waals surface area contributed by atoms with Gasteiger partial charge in [-0.1, -0.05) is 6.07 Å². The Hall–Kier alpha value is -1.18. The highest BCUT2D eigenvalue weighted by molar-refractivity contribution is 5.50. The van der Waals surface area contributed by atoms with Crippen LogP contribution in [0.3, 0.4) is 0 Å². The summed E-state index contributed by atoms with van der Waals surface area (Å²) in [6.45, 7) is 0.778. The molecule has 0 bridgehead atoms. The average molecular weight is 163 g/mol. The summed E-state index contributed by atoms with van der Waals surface area (Å²) >= 11 is 0. The van der Waals surface area contributed by atoms with E-state index in [2.05, 4.69) is 6.42 Å². The van der Waals surface area contributed by atoms with Crippen molar-refractivity contribution in [2.24, 2.45) is 0 Å². The lowest BCUT2D eigenvalue weighted by molar-refractivity contribution is 0.301. The lowest BCUT2D eigenvalue weighted by Crippen LogP contribution is -2.07. The largest absolute Gasteiger partial charge is 0.496 e. The van der Waals surface area contributed by atoms with Gasteiger partial charge in [0.1, 0.15) is 11.5 Å². The van der Waals surface area contributed by atoms with Gasteiger partial charge >= 0.3 is 0 Å². The Morgan fingerprint density at radius 3 is 3.17 bits per heavy atom. The van der Waals surface area contributed by atoms with Crippen molar-refractivity contribution in [3.63, 3.8) is 0 Å². The Kier molecular flexibility index (Phi) is 1.90. The molecule has 0 spiro atoms. The molecule has 0 N–H and O–H groups in total. The zero-order valence-electron chi connectivity index (χ0n) is 7.04. The van der Waals surface area contributed by atoms with E-state index in [0.717, 1.165) is 30.1 Å². The van der Waals surface area contributed by atoms with Gasteiger partial charge in [0.15, 0.2) is 0 Å². The standard InChI is InChI=1S/C10H11O2/c1-11-9-5-2-6-10-8(9)4-3-7-12-10/h2,4-6H,3,7H2,1H3. The monoisotopic (exact) mass is 163 g/mol. The highest BCUT2D eigenvalue weighted by Gasteiger charge is 2.13. The van der Waals surface area contributed by atoms with E-state index in [1.807, 2.05) is 18.2 Å². The number of benzene rings is 1. The quantitative estimate of drug-likeness (QED) is 0.630. The van der Waals surface area contributed by atoms with Crippen LogP contribution in [0, 0.1) is 6.42 Å². The van der Waals surface area contributed by atoms with Crippen molar-refractivity contribution >= 4 is 0 Å². The SMILES string of the molecule is COc1cccc2c1[CH]CCO2. The van der Waals surface area contributed by atoms with Gasteiger partial charge in [0.25, 0.3) is 0 Å². The normalized spacial score (nSPS) is 14.8. The fourth-order valence-corrected chi connectivity index (χ4v) is 1.40. The number of rotatable bonds is 1. The molecule has 1 aliphatic rings. The number of methoxy groups -OCH3 is 1. The summed E-state index contributed by atoms with van der Waals surface area (Å²) in [7, 11) is 1.68. The van der Waals surface area contributed by atoms with Gasteiger partial charge in [-0.05, 0) is 18.6 Å². The van der Waals surface area contributed by atoms with Gasteiger partial charge in [-0.25, -0.2) is 0 Å². The van der Waals surface area contributed by atoms with E-state index in [1.165, 1.54) is 0 Å². The van der Waals surface area contributed by atoms with Gasteiger partial charge in [0.05, 0.1) is 13.7 Å². The van der Waals surface area contributed by atoms with Crippen LogP contribution in [0.1, 0.15) is 12.0 Å². The van der Waals surface area contributed by atoms with Crippen LogP contribution in [-0.4, -0.2) is 13.7 Å². The molecule has 0 amide bonds. The first-order valence-electron chi connectivity index (χ1n) is 4.05. The van der Waals surface area contributed by atoms with Gasteiger partial charge in [0, 0.05) is 12.0 Å². The van der Waals surface area contributed by atoms with E-state index < -0.39 is 0 Å². The van der Waals surface area contributed by atoms with Gasteiger partial charge in [-0.15, -0.1) is 0 Å². The minimum absolute atomic E-state index is 0.778. The fourth-order valence-electron chi connectivity index (χ4n) is 1.40. The molecule has 63 valence electrons. The Morgan fingerprint density at radius 1 is 1.42 bits per heavy atom. The maximum absolute atomic E-state index is 5.45. The third-order valence-electron chi connectivity index (χ3n) is 1.97. The summed E-state index contributed by atoms with van der Waals surface area (Å²) in [5, 5.41) is 0. The molecular formula is C10H11O2. The van der Waals surface area contributed by atoms with Crippen molar-refractivity contribution in [1.29, 1.82) is 0 Å². The van der Waals surface area contributed by atoms with Gasteiger partial charge in [-0.2, -0.15) is 0 Å². The summed E-state index contributed by atoms with van der Waals surface area (Å²) in [6, 6.07) is 5.86. The van der Waals surface area contributed by atoms with Crippen molar-refractivity contribution in [1.82, 2.24) is 0 Å². The molecule has 0 atom stereocenters. The van der Waals surface area contributed by atoms with Crippen LogP contribution in [0.15, 0.2) is 18.2 Å². The average Bonchev–Trinajstić information content (AvgIpc) is 2.17. The number of hydrogen-bond acceptors (Lipinski definition) is 2. The second-order valence-corrected chi connectivity index (χ2v) is 2.71. The van der Waals surface area contributed by atoms with Gasteiger partial charge in [-0.3, -0.25) is 0 Å². The van der Waals surface area contributed by atoms with E-state index in [1.54, 1.807) is 7.11 Å². The molecule has 1 radical (unpaired) electrons. The molecule has 0 fully saturated rings. The van der Waals surface area contributed by atoms with Crippen molar-refractivity contribution in [3.8, 4) is 11.5 Å². The van der Waals surface area contributed by atoms with E-state index >= 15 is 0 Å². The maximum Gasteiger partial charge on any atom is 0.126 e. The van der Waals surface area contributed by atoms with Gasteiger partial charge < -0.3 is 9.47 Å². The van der Waals surface area contributed by atoms with E-state index in [4.69, 9.17) is 9.47 Å². The molecule has 12 heavy (non-hydrogen) atoms. The summed E-state index contributed by atoms with van der Waals surface area (Å²) in [4.78, 5) is 0. The molecule has 0 saturated carbocycles. The number of ether oxygens (including phenoxy) is 2. The van der Waals surface area contributed by atoms with Crippen LogP contribution < -0.4 is 9.47 Å². The highest BCUT2D eigenvalue weighted by atomic mass is 16.5. The van der Waals surface area contributed by atoms with E-state index in [9.17, 15) is 0 Å².